The summed E-state index contributed by atoms with van der Waals surface area (Å²) in [5, 5.41) is 10.2. The van der Waals surface area contributed by atoms with Crippen LogP contribution in [0.5, 0.6) is 0 Å². The van der Waals surface area contributed by atoms with Crippen LogP contribution in [0.25, 0.3) is 0 Å². The molecule has 1 aliphatic heterocycles. The highest BCUT2D eigenvalue weighted by Gasteiger charge is 2.48. The van der Waals surface area contributed by atoms with Crippen molar-refractivity contribution in [1.29, 1.82) is 0 Å². The van der Waals surface area contributed by atoms with Crippen LogP contribution < -0.4 is 0 Å². The molecule has 16 heavy (non-hydrogen) atoms. The number of carbonyl (C=O) groups excluding carboxylic acids is 1. The molecule has 0 aromatic heterocycles. The summed E-state index contributed by atoms with van der Waals surface area (Å²) in [5.41, 5.74) is 0.542. The molecule has 2 rings (SSSR count). The molecule has 3 nitrogen and oxygen atoms in total. The van der Waals surface area contributed by atoms with E-state index >= 15 is 0 Å². The zero-order chi connectivity index (χ0) is 11.8. The molecule has 0 aliphatic carbocycles. The van der Waals surface area contributed by atoms with E-state index in [9.17, 15) is 9.90 Å². The van der Waals surface area contributed by atoms with E-state index in [-0.39, 0.29) is 5.91 Å². The van der Waals surface area contributed by atoms with E-state index in [1.165, 1.54) is 4.90 Å². The number of rotatable bonds is 2. The van der Waals surface area contributed by atoms with Gasteiger partial charge in [0.1, 0.15) is 6.23 Å². The molecule has 1 saturated heterocycles. The topological polar surface area (TPSA) is 40.5 Å². The van der Waals surface area contributed by atoms with Crippen molar-refractivity contribution in [2.24, 2.45) is 0 Å². The number of amides is 1. The van der Waals surface area contributed by atoms with Crippen molar-refractivity contribution in [2.45, 2.75) is 31.9 Å². The minimum atomic E-state index is -0.715. The third-order valence-electron chi connectivity index (χ3n) is 3.48. The van der Waals surface area contributed by atoms with Gasteiger partial charge in [-0.1, -0.05) is 37.3 Å². The molecule has 2 atom stereocenters. The average molecular weight is 219 g/mol. The van der Waals surface area contributed by atoms with Gasteiger partial charge in [-0.2, -0.15) is 0 Å². The molecular formula is C13H17NO2. The fraction of sp³-hybridized carbons (Fsp3) is 0.462. The van der Waals surface area contributed by atoms with E-state index in [4.69, 9.17) is 0 Å². The predicted molar refractivity (Wildman–Crippen MR) is 61.8 cm³/mol. The highest BCUT2D eigenvalue weighted by molar-refractivity contribution is 5.81. The van der Waals surface area contributed by atoms with Gasteiger partial charge in [-0.3, -0.25) is 4.79 Å². The van der Waals surface area contributed by atoms with Gasteiger partial charge in [0.15, 0.2) is 0 Å². The molecule has 1 fully saturated rings. The van der Waals surface area contributed by atoms with Crippen LogP contribution in [0.2, 0.25) is 0 Å². The maximum atomic E-state index is 11.8. The first kappa shape index (κ1) is 11.1. The Morgan fingerprint density at radius 3 is 2.56 bits per heavy atom. The lowest BCUT2D eigenvalue weighted by Gasteiger charge is -2.30. The van der Waals surface area contributed by atoms with Crippen molar-refractivity contribution in [3.63, 3.8) is 0 Å². The lowest BCUT2D eigenvalue weighted by Crippen LogP contribution is -2.41. The van der Waals surface area contributed by atoms with Gasteiger partial charge in [-0.05, 0) is 12.5 Å². The second-order valence-electron chi connectivity index (χ2n) is 4.51. The Labute approximate surface area is 95.7 Å². The molecule has 3 heteroatoms. The van der Waals surface area contributed by atoms with Gasteiger partial charge in [0.2, 0.25) is 5.91 Å². The maximum absolute atomic E-state index is 11.8. The monoisotopic (exact) mass is 219 g/mol. The van der Waals surface area contributed by atoms with E-state index in [0.717, 1.165) is 5.56 Å². The summed E-state index contributed by atoms with van der Waals surface area (Å²) in [6.45, 7) is 4.39. The molecule has 86 valence electrons. The number of likely N-dealkylation sites (tertiary alicyclic amines) is 1. The fourth-order valence-electron chi connectivity index (χ4n) is 2.41. The summed E-state index contributed by atoms with van der Waals surface area (Å²) in [7, 11) is 0. The van der Waals surface area contributed by atoms with Gasteiger partial charge in [0.05, 0.1) is 0 Å². The van der Waals surface area contributed by atoms with Crippen LogP contribution in [-0.2, 0) is 10.2 Å². The molecular weight excluding hydrogens is 202 g/mol. The normalized spacial score (nSPS) is 29.8. The molecule has 1 heterocycles. The molecule has 0 saturated carbocycles. The molecule has 0 radical (unpaired) electrons. The highest BCUT2D eigenvalue weighted by atomic mass is 16.3. The number of aliphatic hydroxyl groups excluding tert-OH is 1. The molecule has 1 aromatic carbocycles. The first-order chi connectivity index (χ1) is 7.59. The molecule has 1 aliphatic rings. The van der Waals surface area contributed by atoms with Gasteiger partial charge in [0.25, 0.3) is 0 Å². The quantitative estimate of drug-likeness (QED) is 0.819. The fourth-order valence-corrected chi connectivity index (χ4v) is 2.41. The van der Waals surface area contributed by atoms with Crippen LogP contribution in [0.1, 0.15) is 25.8 Å². The molecule has 1 amide bonds. The zero-order valence-corrected chi connectivity index (χ0v) is 9.68. The molecule has 0 bridgehead atoms. The van der Waals surface area contributed by atoms with Crippen molar-refractivity contribution in [2.75, 3.05) is 6.54 Å². The van der Waals surface area contributed by atoms with Crippen molar-refractivity contribution in [3.8, 4) is 0 Å². The zero-order valence-electron chi connectivity index (χ0n) is 9.68. The van der Waals surface area contributed by atoms with Gasteiger partial charge >= 0.3 is 0 Å². The number of hydrogen-bond donors (Lipinski definition) is 1. The van der Waals surface area contributed by atoms with E-state index in [0.29, 0.717) is 13.0 Å². The van der Waals surface area contributed by atoms with Crippen molar-refractivity contribution >= 4 is 5.91 Å². The lowest BCUT2D eigenvalue weighted by atomic mass is 9.80. The SMILES string of the molecule is CCN1C(=O)CC(C)(c2ccccc2)C1O. The van der Waals surface area contributed by atoms with E-state index < -0.39 is 11.6 Å². The van der Waals surface area contributed by atoms with Crippen LogP contribution in [0.3, 0.4) is 0 Å². The number of likely N-dealkylation sites (N-methyl/N-ethyl adjacent to an activating group) is 1. The number of benzene rings is 1. The minimum absolute atomic E-state index is 0.0290. The number of aliphatic hydroxyl groups is 1. The first-order valence-electron chi connectivity index (χ1n) is 5.62. The van der Waals surface area contributed by atoms with Gasteiger partial charge < -0.3 is 10.0 Å². The van der Waals surface area contributed by atoms with E-state index in [1.54, 1.807) is 0 Å². The largest absolute Gasteiger partial charge is 0.373 e. The van der Waals surface area contributed by atoms with Crippen molar-refractivity contribution < 1.29 is 9.90 Å². The summed E-state index contributed by atoms with van der Waals surface area (Å²) in [5.74, 6) is 0.0290. The Balaban J connectivity index is 2.37. The summed E-state index contributed by atoms with van der Waals surface area (Å²) >= 11 is 0. The summed E-state index contributed by atoms with van der Waals surface area (Å²) in [6.07, 6.45) is -0.334. The average Bonchev–Trinajstić information content (AvgIpc) is 2.52. The Kier molecular flexibility index (Phi) is 2.72. The molecule has 0 spiro atoms. The second-order valence-corrected chi connectivity index (χ2v) is 4.51. The van der Waals surface area contributed by atoms with Gasteiger partial charge in [0, 0.05) is 18.4 Å². The third kappa shape index (κ3) is 1.52. The first-order valence-corrected chi connectivity index (χ1v) is 5.62. The predicted octanol–water partition coefficient (Wildman–Crippen LogP) is 1.51. The van der Waals surface area contributed by atoms with Crippen molar-refractivity contribution in [1.82, 2.24) is 4.90 Å². The van der Waals surface area contributed by atoms with Crippen molar-refractivity contribution in [3.05, 3.63) is 35.9 Å². The van der Waals surface area contributed by atoms with Crippen LogP contribution >= 0.6 is 0 Å². The third-order valence-corrected chi connectivity index (χ3v) is 3.48. The maximum Gasteiger partial charge on any atom is 0.225 e. The lowest BCUT2D eigenvalue weighted by molar-refractivity contribution is -0.133. The van der Waals surface area contributed by atoms with Crippen LogP contribution in [-0.4, -0.2) is 28.7 Å². The highest BCUT2D eigenvalue weighted by Crippen LogP contribution is 2.38. The Morgan fingerprint density at radius 2 is 2.06 bits per heavy atom. The Bertz CT molecular complexity index is 390. The van der Waals surface area contributed by atoms with Crippen LogP contribution in [0, 0.1) is 0 Å². The standard InChI is InChI=1S/C13H17NO2/c1-3-14-11(15)9-13(2,12(14)16)10-7-5-4-6-8-10/h4-8,12,16H,3,9H2,1-2H3. The summed E-state index contributed by atoms with van der Waals surface area (Å²) < 4.78 is 0. The second kappa shape index (κ2) is 3.91. The number of hydrogen-bond acceptors (Lipinski definition) is 2. The van der Waals surface area contributed by atoms with Crippen LogP contribution in [0.4, 0.5) is 0 Å². The molecule has 2 unspecified atom stereocenters. The smallest absolute Gasteiger partial charge is 0.225 e. The molecule has 1 aromatic rings. The summed E-state index contributed by atoms with van der Waals surface area (Å²) in [6, 6.07) is 9.75. The number of nitrogens with zero attached hydrogens (tertiary/aromatic N) is 1. The number of carbonyl (C=O) groups is 1. The van der Waals surface area contributed by atoms with Crippen LogP contribution in [0.15, 0.2) is 30.3 Å². The van der Waals surface area contributed by atoms with Gasteiger partial charge in [-0.15, -0.1) is 0 Å². The van der Waals surface area contributed by atoms with E-state index in [1.807, 2.05) is 44.2 Å². The summed E-state index contributed by atoms with van der Waals surface area (Å²) in [4.78, 5) is 13.3. The Morgan fingerprint density at radius 1 is 1.44 bits per heavy atom. The van der Waals surface area contributed by atoms with E-state index in [2.05, 4.69) is 0 Å². The molecule has 1 N–H and O–H groups in total. The Hall–Kier alpha value is -1.35. The van der Waals surface area contributed by atoms with Gasteiger partial charge in [-0.25, -0.2) is 0 Å². The minimum Gasteiger partial charge on any atom is -0.373 e.